The Morgan fingerprint density at radius 1 is 1.26 bits per heavy atom. The Balaban J connectivity index is 2.10. The van der Waals surface area contributed by atoms with E-state index < -0.39 is 5.97 Å². The number of aryl methyl sites for hydroxylation is 2. The molecular weight excluding hydrogens is 260 g/mol. The molecule has 0 unspecified atom stereocenters. The Bertz CT molecular complexity index is 594. The molecule has 98 valence electrons. The summed E-state index contributed by atoms with van der Waals surface area (Å²) in [6.07, 6.45) is 1.47. The first-order chi connectivity index (χ1) is 9.04. The minimum Gasteiger partial charge on any atom is -0.477 e. The van der Waals surface area contributed by atoms with Crippen LogP contribution in [0.5, 0.6) is 0 Å². The number of nitrogens with zero attached hydrogens (tertiary/aromatic N) is 2. The third-order valence-electron chi connectivity index (χ3n) is 2.50. The van der Waals surface area contributed by atoms with Gasteiger partial charge in [0.05, 0.1) is 0 Å². The van der Waals surface area contributed by atoms with Crippen LogP contribution in [-0.4, -0.2) is 21.0 Å². The summed E-state index contributed by atoms with van der Waals surface area (Å²) in [5.41, 5.74) is 3.65. The molecule has 5 heteroatoms. The van der Waals surface area contributed by atoms with Crippen molar-refractivity contribution in [3.8, 4) is 0 Å². The second kappa shape index (κ2) is 5.84. The molecule has 0 saturated heterocycles. The number of carbonyl (C=O) groups is 1. The smallest absolute Gasteiger partial charge is 0.354 e. The van der Waals surface area contributed by atoms with Crippen molar-refractivity contribution in [2.24, 2.45) is 0 Å². The normalized spacial score (nSPS) is 10.4. The van der Waals surface area contributed by atoms with Crippen molar-refractivity contribution in [3.63, 3.8) is 0 Å². The predicted octanol–water partition coefficient (Wildman–Crippen LogP) is 3.08. The molecule has 4 nitrogen and oxygen atoms in total. The molecule has 0 fully saturated rings. The van der Waals surface area contributed by atoms with Crippen molar-refractivity contribution in [2.75, 3.05) is 0 Å². The molecule has 0 aliphatic carbocycles. The molecule has 0 radical (unpaired) electrons. The van der Waals surface area contributed by atoms with Gasteiger partial charge >= 0.3 is 5.97 Å². The standard InChI is InChI=1S/C14H14N2O2S/c1-9-5-10(2)7-11(6-9)8-19-14-15-4-3-12(16-14)13(17)18/h3-7H,8H2,1-2H3,(H,17,18). The van der Waals surface area contributed by atoms with E-state index in [-0.39, 0.29) is 5.69 Å². The lowest BCUT2D eigenvalue weighted by Gasteiger charge is -2.04. The Morgan fingerprint density at radius 3 is 2.58 bits per heavy atom. The molecule has 0 aliphatic heterocycles. The van der Waals surface area contributed by atoms with Gasteiger partial charge in [-0.3, -0.25) is 0 Å². The van der Waals surface area contributed by atoms with Crippen LogP contribution >= 0.6 is 11.8 Å². The average molecular weight is 274 g/mol. The summed E-state index contributed by atoms with van der Waals surface area (Å²) in [6, 6.07) is 7.74. The van der Waals surface area contributed by atoms with Crippen LogP contribution in [0.2, 0.25) is 0 Å². The van der Waals surface area contributed by atoms with E-state index in [0.29, 0.717) is 5.16 Å². The van der Waals surface area contributed by atoms with E-state index in [1.54, 1.807) is 0 Å². The summed E-state index contributed by atoms with van der Waals surface area (Å²) >= 11 is 1.44. The van der Waals surface area contributed by atoms with Crippen molar-refractivity contribution in [1.82, 2.24) is 9.97 Å². The molecule has 0 atom stereocenters. The first kappa shape index (κ1) is 13.5. The van der Waals surface area contributed by atoms with Crippen LogP contribution in [0.1, 0.15) is 27.2 Å². The van der Waals surface area contributed by atoms with Gasteiger partial charge in [-0.05, 0) is 25.5 Å². The zero-order valence-electron chi connectivity index (χ0n) is 10.8. The van der Waals surface area contributed by atoms with Gasteiger partial charge in [-0.2, -0.15) is 0 Å². The molecule has 0 bridgehead atoms. The SMILES string of the molecule is Cc1cc(C)cc(CSc2nccc(C(=O)O)n2)c1. The molecule has 0 spiro atoms. The predicted molar refractivity (Wildman–Crippen MR) is 74.5 cm³/mol. The zero-order valence-corrected chi connectivity index (χ0v) is 11.6. The van der Waals surface area contributed by atoms with Gasteiger partial charge in [0, 0.05) is 11.9 Å². The van der Waals surface area contributed by atoms with E-state index in [1.807, 2.05) is 0 Å². The molecule has 2 aromatic rings. The molecule has 0 aliphatic rings. The molecule has 0 amide bonds. The second-order valence-electron chi connectivity index (χ2n) is 4.31. The minimum atomic E-state index is -1.03. The highest BCUT2D eigenvalue weighted by molar-refractivity contribution is 7.98. The number of hydrogen-bond donors (Lipinski definition) is 1. The van der Waals surface area contributed by atoms with Crippen LogP contribution < -0.4 is 0 Å². The second-order valence-corrected chi connectivity index (χ2v) is 5.26. The quantitative estimate of drug-likeness (QED) is 0.685. The lowest BCUT2D eigenvalue weighted by Crippen LogP contribution is -2.01. The van der Waals surface area contributed by atoms with E-state index in [4.69, 9.17) is 5.11 Å². The number of rotatable bonds is 4. The number of hydrogen-bond acceptors (Lipinski definition) is 4. The van der Waals surface area contributed by atoms with Crippen LogP contribution in [0.25, 0.3) is 0 Å². The van der Waals surface area contributed by atoms with Crippen LogP contribution in [-0.2, 0) is 5.75 Å². The largest absolute Gasteiger partial charge is 0.477 e. The highest BCUT2D eigenvalue weighted by atomic mass is 32.2. The maximum absolute atomic E-state index is 10.8. The molecule has 1 aromatic carbocycles. The molecule has 0 saturated carbocycles. The van der Waals surface area contributed by atoms with Crippen molar-refractivity contribution in [1.29, 1.82) is 0 Å². The fourth-order valence-corrected chi connectivity index (χ4v) is 2.59. The van der Waals surface area contributed by atoms with E-state index in [9.17, 15) is 4.79 Å². The first-order valence-electron chi connectivity index (χ1n) is 5.81. The van der Waals surface area contributed by atoms with E-state index >= 15 is 0 Å². The monoisotopic (exact) mass is 274 g/mol. The van der Waals surface area contributed by atoms with E-state index in [1.165, 1.54) is 40.7 Å². The van der Waals surface area contributed by atoms with Crippen molar-refractivity contribution in [2.45, 2.75) is 24.8 Å². The lowest BCUT2D eigenvalue weighted by atomic mass is 10.1. The van der Waals surface area contributed by atoms with Gasteiger partial charge in [-0.25, -0.2) is 14.8 Å². The zero-order chi connectivity index (χ0) is 13.8. The van der Waals surface area contributed by atoms with Gasteiger partial charge < -0.3 is 5.11 Å². The fraction of sp³-hybridized carbons (Fsp3) is 0.214. The number of benzene rings is 1. The molecule has 19 heavy (non-hydrogen) atoms. The molecular formula is C14H14N2O2S. The minimum absolute atomic E-state index is 0.0259. The van der Waals surface area contributed by atoms with Gasteiger partial charge in [0.25, 0.3) is 0 Å². The summed E-state index contributed by atoms with van der Waals surface area (Å²) in [7, 11) is 0. The summed E-state index contributed by atoms with van der Waals surface area (Å²) < 4.78 is 0. The van der Waals surface area contributed by atoms with Crippen LogP contribution in [0.3, 0.4) is 0 Å². The summed E-state index contributed by atoms with van der Waals surface area (Å²) in [5, 5.41) is 9.35. The topological polar surface area (TPSA) is 63.1 Å². The lowest BCUT2D eigenvalue weighted by molar-refractivity contribution is 0.0689. The number of carboxylic acids is 1. The maximum atomic E-state index is 10.8. The van der Waals surface area contributed by atoms with E-state index in [0.717, 1.165) is 5.75 Å². The molecule has 1 aromatic heterocycles. The van der Waals surface area contributed by atoms with Crippen molar-refractivity contribution < 1.29 is 9.90 Å². The number of aromatic nitrogens is 2. The number of thioether (sulfide) groups is 1. The van der Waals surface area contributed by atoms with Crippen LogP contribution in [0, 0.1) is 13.8 Å². The number of carboxylic acid groups (broad SMARTS) is 1. The van der Waals surface area contributed by atoms with Gasteiger partial charge in [0.15, 0.2) is 10.9 Å². The van der Waals surface area contributed by atoms with Gasteiger partial charge in [-0.1, -0.05) is 41.1 Å². The molecule has 1 heterocycles. The van der Waals surface area contributed by atoms with Crippen molar-refractivity contribution >= 4 is 17.7 Å². The third-order valence-corrected chi connectivity index (χ3v) is 3.43. The van der Waals surface area contributed by atoms with Gasteiger partial charge in [-0.15, -0.1) is 0 Å². The summed E-state index contributed by atoms with van der Waals surface area (Å²) in [5.74, 6) is -0.304. The average Bonchev–Trinajstić information content (AvgIpc) is 2.35. The van der Waals surface area contributed by atoms with Crippen molar-refractivity contribution in [3.05, 3.63) is 52.8 Å². The van der Waals surface area contributed by atoms with Crippen LogP contribution in [0.4, 0.5) is 0 Å². The third kappa shape index (κ3) is 3.79. The fourth-order valence-electron chi connectivity index (χ4n) is 1.83. The highest BCUT2D eigenvalue weighted by Gasteiger charge is 2.07. The highest BCUT2D eigenvalue weighted by Crippen LogP contribution is 2.20. The van der Waals surface area contributed by atoms with Crippen LogP contribution in [0.15, 0.2) is 35.6 Å². The van der Waals surface area contributed by atoms with E-state index in [2.05, 4.69) is 42.0 Å². The Hall–Kier alpha value is -1.88. The Labute approximate surface area is 115 Å². The maximum Gasteiger partial charge on any atom is 0.354 e. The number of aromatic carboxylic acids is 1. The molecule has 2 rings (SSSR count). The summed E-state index contributed by atoms with van der Waals surface area (Å²) in [4.78, 5) is 18.9. The molecule has 1 N–H and O–H groups in total. The van der Waals surface area contributed by atoms with Gasteiger partial charge in [0.2, 0.25) is 0 Å². The first-order valence-corrected chi connectivity index (χ1v) is 6.79. The summed E-state index contributed by atoms with van der Waals surface area (Å²) in [6.45, 7) is 4.12. The Morgan fingerprint density at radius 2 is 1.95 bits per heavy atom. The van der Waals surface area contributed by atoms with Gasteiger partial charge in [0.1, 0.15) is 0 Å². The Kier molecular flexibility index (Phi) is 4.16.